The van der Waals surface area contributed by atoms with E-state index in [2.05, 4.69) is 4.98 Å². The fraction of sp³-hybridized carbons (Fsp3) is 0.200. The summed E-state index contributed by atoms with van der Waals surface area (Å²) in [6.45, 7) is 0.833. The fourth-order valence-corrected chi connectivity index (χ4v) is 2.25. The number of nitrogens with zero attached hydrogens (tertiary/aromatic N) is 2. The number of carboxylic acid groups (broad SMARTS) is 1. The summed E-state index contributed by atoms with van der Waals surface area (Å²) in [6, 6.07) is 11.1. The van der Waals surface area contributed by atoms with Gasteiger partial charge in [0.1, 0.15) is 5.82 Å². The van der Waals surface area contributed by atoms with Crippen molar-refractivity contribution in [1.29, 1.82) is 0 Å². The Morgan fingerprint density at radius 1 is 1.29 bits per heavy atom. The van der Waals surface area contributed by atoms with Gasteiger partial charge < -0.3 is 15.1 Å². The van der Waals surface area contributed by atoms with Crippen molar-refractivity contribution in [2.45, 2.75) is 6.54 Å². The topological polar surface area (TPSA) is 73.7 Å². The van der Waals surface area contributed by atoms with Crippen LogP contribution in [0, 0.1) is 0 Å². The Hall–Kier alpha value is -2.11. The molecule has 0 saturated heterocycles. The van der Waals surface area contributed by atoms with Crippen LogP contribution in [0.15, 0.2) is 42.6 Å². The molecule has 1 aromatic heterocycles. The van der Waals surface area contributed by atoms with Gasteiger partial charge in [-0.3, -0.25) is 0 Å². The Bertz CT molecular complexity index is 620. The van der Waals surface area contributed by atoms with E-state index in [0.717, 1.165) is 5.56 Å². The van der Waals surface area contributed by atoms with E-state index in [1.807, 2.05) is 35.2 Å². The molecule has 0 bridgehead atoms. The van der Waals surface area contributed by atoms with Gasteiger partial charge >= 0.3 is 5.97 Å². The van der Waals surface area contributed by atoms with Gasteiger partial charge in [0.2, 0.25) is 0 Å². The smallest absolute Gasteiger partial charge is 0.337 e. The van der Waals surface area contributed by atoms with E-state index in [1.165, 1.54) is 12.3 Å². The first-order valence-corrected chi connectivity index (χ1v) is 6.78. The lowest BCUT2D eigenvalue weighted by molar-refractivity contribution is 0.0696. The molecule has 0 aliphatic heterocycles. The number of pyridine rings is 1. The largest absolute Gasteiger partial charge is 0.478 e. The third kappa shape index (κ3) is 3.93. The molecule has 0 radical (unpaired) electrons. The van der Waals surface area contributed by atoms with Gasteiger partial charge in [-0.1, -0.05) is 41.9 Å². The Balaban J connectivity index is 2.27. The Labute approximate surface area is 127 Å². The highest BCUT2D eigenvalue weighted by Gasteiger charge is 2.14. The zero-order valence-corrected chi connectivity index (χ0v) is 12.0. The highest BCUT2D eigenvalue weighted by Crippen LogP contribution is 2.25. The van der Waals surface area contributed by atoms with E-state index >= 15 is 0 Å². The van der Waals surface area contributed by atoms with Gasteiger partial charge in [-0.15, -0.1) is 0 Å². The van der Waals surface area contributed by atoms with Gasteiger partial charge in [0.15, 0.2) is 0 Å². The zero-order valence-electron chi connectivity index (χ0n) is 11.2. The SMILES string of the molecule is O=C(O)c1cnc(N(CCO)Cc2ccccc2)c(Cl)c1. The van der Waals surface area contributed by atoms with Gasteiger partial charge in [-0.05, 0) is 11.6 Å². The summed E-state index contributed by atoms with van der Waals surface area (Å²) in [5, 5.41) is 18.4. The van der Waals surface area contributed by atoms with Crippen LogP contribution in [0.4, 0.5) is 5.82 Å². The van der Waals surface area contributed by atoms with Crippen LogP contribution in [-0.4, -0.2) is 34.3 Å². The number of aliphatic hydroxyl groups excluding tert-OH is 1. The molecule has 0 atom stereocenters. The molecule has 0 fully saturated rings. The lowest BCUT2D eigenvalue weighted by Gasteiger charge is -2.24. The van der Waals surface area contributed by atoms with Crippen LogP contribution < -0.4 is 4.90 Å². The zero-order chi connectivity index (χ0) is 15.2. The minimum absolute atomic E-state index is 0.0346. The second-order valence-corrected chi connectivity index (χ2v) is 4.87. The van der Waals surface area contributed by atoms with Crippen LogP contribution >= 0.6 is 11.6 Å². The second-order valence-electron chi connectivity index (χ2n) is 4.47. The minimum atomic E-state index is -1.08. The first kappa shape index (κ1) is 15.3. The quantitative estimate of drug-likeness (QED) is 0.857. The number of benzene rings is 1. The van der Waals surface area contributed by atoms with Crippen molar-refractivity contribution in [2.24, 2.45) is 0 Å². The molecule has 21 heavy (non-hydrogen) atoms. The standard InChI is InChI=1S/C15H15ClN2O3/c16-13-8-12(15(20)21)9-17-14(13)18(6-7-19)10-11-4-2-1-3-5-11/h1-5,8-9,19H,6-7,10H2,(H,20,21). The van der Waals surface area contributed by atoms with Crippen molar-refractivity contribution in [3.05, 3.63) is 58.7 Å². The molecule has 0 saturated carbocycles. The molecular formula is C15H15ClN2O3. The van der Waals surface area contributed by atoms with Crippen LogP contribution in [0.3, 0.4) is 0 Å². The maximum absolute atomic E-state index is 10.9. The lowest BCUT2D eigenvalue weighted by Crippen LogP contribution is -2.27. The molecule has 2 N–H and O–H groups in total. The number of hydrogen-bond acceptors (Lipinski definition) is 4. The summed E-state index contributed by atoms with van der Waals surface area (Å²) in [6.07, 6.45) is 1.26. The number of carboxylic acids is 1. The van der Waals surface area contributed by atoms with Crippen LogP contribution in [0.1, 0.15) is 15.9 Å². The van der Waals surface area contributed by atoms with Crippen LogP contribution in [0.25, 0.3) is 0 Å². The number of aromatic carboxylic acids is 1. The molecule has 0 spiro atoms. The minimum Gasteiger partial charge on any atom is -0.478 e. The molecule has 1 heterocycles. The summed E-state index contributed by atoms with van der Waals surface area (Å²) in [4.78, 5) is 16.8. The predicted molar refractivity (Wildman–Crippen MR) is 80.8 cm³/mol. The molecular weight excluding hydrogens is 292 g/mol. The summed E-state index contributed by atoms with van der Waals surface area (Å²) in [5.41, 5.74) is 1.08. The van der Waals surface area contributed by atoms with Gasteiger partial charge in [-0.25, -0.2) is 9.78 Å². The molecule has 110 valence electrons. The van der Waals surface area contributed by atoms with Gasteiger partial charge in [-0.2, -0.15) is 0 Å². The summed E-state index contributed by atoms with van der Waals surface area (Å²) in [5.74, 6) is -0.618. The third-order valence-electron chi connectivity index (χ3n) is 2.95. The first-order valence-electron chi connectivity index (χ1n) is 6.40. The van der Waals surface area contributed by atoms with Gasteiger partial charge in [0.05, 0.1) is 17.2 Å². The van der Waals surface area contributed by atoms with Gasteiger partial charge in [0, 0.05) is 19.3 Å². The molecule has 2 aromatic rings. The maximum Gasteiger partial charge on any atom is 0.337 e. The maximum atomic E-state index is 10.9. The molecule has 0 unspecified atom stereocenters. The number of anilines is 1. The lowest BCUT2D eigenvalue weighted by atomic mass is 10.2. The molecule has 5 nitrogen and oxygen atoms in total. The number of rotatable bonds is 6. The highest BCUT2D eigenvalue weighted by molar-refractivity contribution is 6.33. The monoisotopic (exact) mass is 306 g/mol. The Morgan fingerprint density at radius 3 is 2.57 bits per heavy atom. The molecule has 0 aliphatic rings. The highest BCUT2D eigenvalue weighted by atomic mass is 35.5. The molecule has 1 aromatic carbocycles. The van der Waals surface area contributed by atoms with E-state index in [4.69, 9.17) is 16.7 Å². The van der Waals surface area contributed by atoms with Crippen LogP contribution in [0.5, 0.6) is 0 Å². The van der Waals surface area contributed by atoms with Crippen molar-refractivity contribution in [2.75, 3.05) is 18.1 Å². The number of aromatic nitrogens is 1. The van der Waals surface area contributed by atoms with Crippen molar-refractivity contribution < 1.29 is 15.0 Å². The van der Waals surface area contributed by atoms with E-state index in [0.29, 0.717) is 18.9 Å². The number of carbonyl (C=O) groups is 1. The van der Waals surface area contributed by atoms with E-state index in [-0.39, 0.29) is 17.2 Å². The average Bonchev–Trinajstić information content (AvgIpc) is 2.48. The number of hydrogen-bond donors (Lipinski definition) is 2. The van der Waals surface area contributed by atoms with E-state index in [1.54, 1.807) is 0 Å². The average molecular weight is 307 g/mol. The van der Waals surface area contributed by atoms with Crippen molar-refractivity contribution in [3.8, 4) is 0 Å². The molecule has 0 amide bonds. The van der Waals surface area contributed by atoms with Crippen molar-refractivity contribution >= 4 is 23.4 Å². The van der Waals surface area contributed by atoms with Crippen LogP contribution in [-0.2, 0) is 6.54 Å². The van der Waals surface area contributed by atoms with Gasteiger partial charge in [0.25, 0.3) is 0 Å². The normalized spacial score (nSPS) is 10.4. The predicted octanol–water partition coefficient (Wildman–Crippen LogP) is 2.43. The third-order valence-corrected chi connectivity index (χ3v) is 3.23. The Morgan fingerprint density at radius 2 is 2.00 bits per heavy atom. The van der Waals surface area contributed by atoms with Crippen molar-refractivity contribution in [1.82, 2.24) is 4.98 Å². The van der Waals surface area contributed by atoms with E-state index < -0.39 is 5.97 Å². The molecule has 0 aliphatic carbocycles. The number of halogens is 1. The van der Waals surface area contributed by atoms with Crippen molar-refractivity contribution in [3.63, 3.8) is 0 Å². The summed E-state index contributed by atoms with van der Waals surface area (Å²) in [7, 11) is 0. The summed E-state index contributed by atoms with van der Waals surface area (Å²) < 4.78 is 0. The molecule has 2 rings (SSSR count). The summed E-state index contributed by atoms with van der Waals surface area (Å²) >= 11 is 6.12. The van der Waals surface area contributed by atoms with E-state index in [9.17, 15) is 9.90 Å². The second kappa shape index (κ2) is 7.06. The Kier molecular flexibility index (Phi) is 5.14. The first-order chi connectivity index (χ1) is 10.1. The van der Waals surface area contributed by atoms with Crippen LogP contribution in [0.2, 0.25) is 5.02 Å². The molecule has 6 heteroatoms. The number of aliphatic hydroxyl groups is 1. The fourth-order valence-electron chi connectivity index (χ4n) is 1.96.